The predicted molar refractivity (Wildman–Crippen MR) is 46.3 cm³/mol. The Morgan fingerprint density at radius 3 is 2.75 bits per heavy atom. The van der Waals surface area contributed by atoms with Crippen LogP contribution in [0.5, 0.6) is 5.75 Å². The fourth-order valence-corrected chi connectivity index (χ4v) is 0.813. The van der Waals surface area contributed by atoms with E-state index >= 15 is 0 Å². The average Bonchev–Trinajstić information content (AvgIpc) is 1.99. The van der Waals surface area contributed by atoms with E-state index in [-0.39, 0.29) is 24.7 Å². The molecule has 0 aliphatic rings. The number of halogens is 2. The van der Waals surface area contributed by atoms with Crippen LogP contribution in [0.2, 0.25) is 0 Å². The second-order valence-electron chi connectivity index (χ2n) is 2.13. The van der Waals surface area contributed by atoms with Crippen molar-refractivity contribution in [2.75, 3.05) is 0 Å². The zero-order valence-electron chi connectivity index (χ0n) is 6.25. The molecule has 0 bridgehead atoms. The lowest BCUT2D eigenvalue weighted by Crippen LogP contribution is -2.20. The maximum atomic E-state index is 12.6. The molecular formula is C7H10ClFN2O. The van der Waals surface area contributed by atoms with Crippen LogP contribution in [0.25, 0.3) is 0 Å². The highest BCUT2D eigenvalue weighted by Gasteiger charge is 2.03. The second-order valence-corrected chi connectivity index (χ2v) is 2.13. The van der Waals surface area contributed by atoms with Gasteiger partial charge in [0.1, 0.15) is 0 Å². The van der Waals surface area contributed by atoms with Gasteiger partial charge in [0.2, 0.25) is 0 Å². The summed E-state index contributed by atoms with van der Waals surface area (Å²) in [5.41, 5.74) is 2.78. The van der Waals surface area contributed by atoms with Crippen LogP contribution in [0, 0.1) is 5.82 Å². The van der Waals surface area contributed by atoms with E-state index in [0.717, 1.165) is 0 Å². The number of phenolic OH excluding ortho intramolecular Hbond substituents is 1. The lowest BCUT2D eigenvalue weighted by molar-refractivity contribution is 0.423. The molecule has 0 aromatic heterocycles. The van der Waals surface area contributed by atoms with Gasteiger partial charge in [-0.05, 0) is 6.07 Å². The highest BCUT2D eigenvalue weighted by atomic mass is 35.5. The van der Waals surface area contributed by atoms with Crippen molar-refractivity contribution >= 4 is 12.4 Å². The molecule has 0 radical (unpaired) electrons. The number of phenols is 1. The Hall–Kier alpha value is -0.840. The molecule has 12 heavy (non-hydrogen) atoms. The summed E-state index contributed by atoms with van der Waals surface area (Å²) >= 11 is 0. The third-order valence-corrected chi connectivity index (χ3v) is 1.36. The molecule has 4 N–H and O–H groups in total. The van der Waals surface area contributed by atoms with Crippen LogP contribution < -0.4 is 11.3 Å². The quantitative estimate of drug-likeness (QED) is 0.483. The van der Waals surface area contributed by atoms with Gasteiger partial charge in [0, 0.05) is 12.1 Å². The minimum atomic E-state index is -0.627. The first-order valence-corrected chi connectivity index (χ1v) is 3.15. The van der Waals surface area contributed by atoms with Gasteiger partial charge in [0.25, 0.3) is 0 Å². The summed E-state index contributed by atoms with van der Waals surface area (Å²) in [4.78, 5) is 0. The van der Waals surface area contributed by atoms with Gasteiger partial charge in [-0.25, -0.2) is 4.39 Å². The van der Waals surface area contributed by atoms with Gasteiger partial charge >= 0.3 is 0 Å². The number of hydrazine groups is 1. The standard InChI is InChI=1S/C7H9FN2O.ClH/c8-6-3-1-2-5(4-10-9)7(6)11;/h1-3,10-11H,4,9H2;1H. The van der Waals surface area contributed by atoms with Crippen LogP contribution in [0.1, 0.15) is 5.56 Å². The van der Waals surface area contributed by atoms with Crippen LogP contribution in [0.3, 0.4) is 0 Å². The SMILES string of the molecule is Cl.NNCc1cccc(F)c1O. The molecule has 0 spiro atoms. The summed E-state index contributed by atoms with van der Waals surface area (Å²) < 4.78 is 12.6. The van der Waals surface area contributed by atoms with E-state index in [1.54, 1.807) is 6.07 Å². The number of nitrogens with one attached hydrogen (secondary N) is 1. The van der Waals surface area contributed by atoms with Crippen LogP contribution in [0.15, 0.2) is 18.2 Å². The first kappa shape index (κ1) is 11.2. The van der Waals surface area contributed by atoms with Gasteiger partial charge in [-0.3, -0.25) is 11.3 Å². The predicted octanol–water partition coefficient (Wildman–Crippen LogP) is 0.916. The third kappa shape index (κ3) is 2.34. The van der Waals surface area contributed by atoms with Crippen molar-refractivity contribution in [3.8, 4) is 5.75 Å². The van der Waals surface area contributed by atoms with E-state index in [1.165, 1.54) is 12.1 Å². The summed E-state index contributed by atoms with van der Waals surface area (Å²) in [6.45, 7) is 0.254. The van der Waals surface area contributed by atoms with Crippen molar-refractivity contribution in [3.63, 3.8) is 0 Å². The van der Waals surface area contributed by atoms with Crippen molar-refractivity contribution in [1.29, 1.82) is 0 Å². The lowest BCUT2D eigenvalue weighted by Gasteiger charge is -2.02. The molecule has 1 aromatic carbocycles. The van der Waals surface area contributed by atoms with Gasteiger partial charge in [-0.2, -0.15) is 0 Å². The molecule has 0 atom stereocenters. The van der Waals surface area contributed by atoms with Crippen molar-refractivity contribution in [2.24, 2.45) is 5.84 Å². The van der Waals surface area contributed by atoms with Crippen LogP contribution in [-0.2, 0) is 6.54 Å². The Morgan fingerprint density at radius 1 is 1.50 bits per heavy atom. The van der Waals surface area contributed by atoms with E-state index < -0.39 is 5.82 Å². The highest BCUT2D eigenvalue weighted by Crippen LogP contribution is 2.19. The molecule has 0 aliphatic carbocycles. The molecule has 0 amide bonds. The van der Waals surface area contributed by atoms with E-state index in [1.807, 2.05) is 0 Å². The molecule has 0 fully saturated rings. The number of para-hydroxylation sites is 1. The number of nitrogens with two attached hydrogens (primary N) is 1. The van der Waals surface area contributed by atoms with Crippen molar-refractivity contribution in [1.82, 2.24) is 5.43 Å². The Morgan fingerprint density at radius 2 is 2.17 bits per heavy atom. The van der Waals surface area contributed by atoms with Gasteiger partial charge in [-0.15, -0.1) is 12.4 Å². The average molecular weight is 193 g/mol. The van der Waals surface area contributed by atoms with Gasteiger partial charge in [0.15, 0.2) is 11.6 Å². The summed E-state index contributed by atoms with van der Waals surface area (Å²) in [5.74, 6) is 4.03. The zero-order chi connectivity index (χ0) is 8.27. The molecule has 68 valence electrons. The number of aromatic hydroxyl groups is 1. The third-order valence-electron chi connectivity index (χ3n) is 1.36. The van der Waals surface area contributed by atoms with Gasteiger partial charge in [0.05, 0.1) is 0 Å². The summed E-state index contributed by atoms with van der Waals surface area (Å²) in [6.07, 6.45) is 0. The van der Waals surface area contributed by atoms with Gasteiger partial charge < -0.3 is 5.11 Å². The minimum absolute atomic E-state index is 0. The summed E-state index contributed by atoms with van der Waals surface area (Å²) in [5, 5.41) is 9.06. The van der Waals surface area contributed by atoms with E-state index in [2.05, 4.69) is 5.43 Å². The van der Waals surface area contributed by atoms with Gasteiger partial charge in [-0.1, -0.05) is 12.1 Å². The second kappa shape index (κ2) is 4.92. The zero-order valence-corrected chi connectivity index (χ0v) is 7.07. The number of rotatable bonds is 2. The van der Waals surface area contributed by atoms with Crippen LogP contribution in [0.4, 0.5) is 4.39 Å². The first-order chi connectivity index (χ1) is 5.25. The number of hydrogen-bond donors (Lipinski definition) is 3. The molecule has 0 heterocycles. The molecule has 0 saturated heterocycles. The van der Waals surface area contributed by atoms with Crippen LogP contribution >= 0.6 is 12.4 Å². The smallest absolute Gasteiger partial charge is 0.165 e. The Kier molecular flexibility index (Phi) is 4.58. The first-order valence-electron chi connectivity index (χ1n) is 3.15. The Labute approximate surface area is 75.8 Å². The molecule has 0 unspecified atom stereocenters. The lowest BCUT2D eigenvalue weighted by atomic mass is 10.2. The number of benzene rings is 1. The van der Waals surface area contributed by atoms with E-state index in [9.17, 15) is 4.39 Å². The summed E-state index contributed by atoms with van der Waals surface area (Å²) in [7, 11) is 0. The fourth-order valence-electron chi connectivity index (χ4n) is 0.813. The van der Waals surface area contributed by atoms with Crippen molar-refractivity contribution in [3.05, 3.63) is 29.6 Å². The molecule has 1 rings (SSSR count). The monoisotopic (exact) mass is 192 g/mol. The molecule has 0 saturated carbocycles. The normalized spacial score (nSPS) is 9.17. The molecule has 1 aromatic rings. The Balaban J connectivity index is 0.00000121. The maximum Gasteiger partial charge on any atom is 0.165 e. The molecule has 3 nitrogen and oxygen atoms in total. The van der Waals surface area contributed by atoms with Crippen LogP contribution in [-0.4, -0.2) is 5.11 Å². The maximum absolute atomic E-state index is 12.6. The van der Waals surface area contributed by atoms with E-state index in [0.29, 0.717) is 5.56 Å². The minimum Gasteiger partial charge on any atom is -0.505 e. The highest BCUT2D eigenvalue weighted by molar-refractivity contribution is 5.85. The fraction of sp³-hybridized carbons (Fsp3) is 0.143. The van der Waals surface area contributed by atoms with E-state index in [4.69, 9.17) is 10.9 Å². The topological polar surface area (TPSA) is 58.3 Å². The largest absolute Gasteiger partial charge is 0.505 e. The Bertz CT molecular complexity index is 257. The molecular weight excluding hydrogens is 183 g/mol. The molecule has 5 heteroatoms. The van der Waals surface area contributed by atoms with Crippen molar-refractivity contribution < 1.29 is 9.50 Å². The molecule has 0 aliphatic heterocycles. The number of hydrogen-bond acceptors (Lipinski definition) is 3. The summed E-state index contributed by atoms with van der Waals surface area (Å²) in [6, 6.07) is 4.30. The van der Waals surface area contributed by atoms with Crippen molar-refractivity contribution in [2.45, 2.75) is 6.54 Å².